The lowest BCUT2D eigenvalue weighted by Crippen LogP contribution is -2.10. The fraction of sp³-hybridized carbons (Fsp3) is 0.0909. The van der Waals surface area contributed by atoms with Gasteiger partial charge in [-0.05, 0) is 18.2 Å². The second-order valence-corrected chi connectivity index (χ2v) is 4.16. The number of hydrogen-bond donors (Lipinski definition) is 2. The zero-order chi connectivity index (χ0) is 12.3. The third-order valence-corrected chi connectivity index (χ3v) is 2.74. The van der Waals surface area contributed by atoms with Gasteiger partial charge >= 0.3 is 0 Å². The maximum absolute atomic E-state index is 5.41. The van der Waals surface area contributed by atoms with Crippen molar-refractivity contribution in [3.63, 3.8) is 0 Å². The number of nitrogens with two attached hydrogens (primary N) is 1. The Morgan fingerprint density at radius 3 is 2.76 bits per heavy atom. The van der Waals surface area contributed by atoms with Gasteiger partial charge in [0.05, 0.1) is 7.11 Å². The number of ether oxygens (including phenoxy) is 1. The molecule has 0 amide bonds. The van der Waals surface area contributed by atoms with Gasteiger partial charge in [0.1, 0.15) is 11.4 Å². The lowest BCUT2D eigenvalue weighted by atomic mass is 10.1. The molecule has 0 atom stereocenters. The summed E-state index contributed by atoms with van der Waals surface area (Å²) >= 11 is 3.41. The maximum atomic E-state index is 5.41. The first-order valence-electron chi connectivity index (χ1n) is 4.88. The number of hydrazine groups is 1. The van der Waals surface area contributed by atoms with Gasteiger partial charge in [-0.15, -0.1) is 0 Å². The number of nitrogen functional groups attached to an aromatic ring is 1. The molecular formula is C11H11BrN4O. The van der Waals surface area contributed by atoms with Crippen molar-refractivity contribution in [2.75, 3.05) is 12.5 Å². The van der Waals surface area contributed by atoms with Gasteiger partial charge in [0.15, 0.2) is 5.82 Å². The van der Waals surface area contributed by atoms with Gasteiger partial charge in [0.25, 0.3) is 0 Å². The Morgan fingerprint density at radius 2 is 2.06 bits per heavy atom. The fourth-order valence-electron chi connectivity index (χ4n) is 1.51. The highest BCUT2D eigenvalue weighted by atomic mass is 79.9. The number of halogens is 1. The van der Waals surface area contributed by atoms with Gasteiger partial charge in [-0.25, -0.2) is 10.8 Å². The van der Waals surface area contributed by atoms with Gasteiger partial charge in [0.2, 0.25) is 0 Å². The Balaban J connectivity index is 2.62. The highest BCUT2D eigenvalue weighted by molar-refractivity contribution is 9.10. The van der Waals surface area contributed by atoms with Crippen LogP contribution in [0, 0.1) is 0 Å². The number of methoxy groups -OCH3 is 1. The molecule has 88 valence electrons. The normalized spacial score (nSPS) is 10.1. The van der Waals surface area contributed by atoms with Gasteiger partial charge in [-0.1, -0.05) is 15.9 Å². The summed E-state index contributed by atoms with van der Waals surface area (Å²) in [6, 6.07) is 5.66. The van der Waals surface area contributed by atoms with E-state index in [4.69, 9.17) is 10.6 Å². The zero-order valence-electron chi connectivity index (χ0n) is 9.14. The summed E-state index contributed by atoms with van der Waals surface area (Å²) in [5, 5.41) is 0. The number of benzene rings is 1. The average molecular weight is 295 g/mol. The molecule has 0 saturated heterocycles. The number of aromatic nitrogens is 2. The van der Waals surface area contributed by atoms with Crippen molar-refractivity contribution in [1.29, 1.82) is 0 Å². The number of hydrogen-bond acceptors (Lipinski definition) is 5. The second kappa shape index (κ2) is 5.11. The van der Waals surface area contributed by atoms with Crippen LogP contribution in [0.25, 0.3) is 11.3 Å². The van der Waals surface area contributed by atoms with E-state index in [1.807, 2.05) is 18.2 Å². The Morgan fingerprint density at radius 1 is 1.29 bits per heavy atom. The number of nitrogens with zero attached hydrogens (tertiary/aromatic N) is 2. The molecule has 2 aromatic rings. The zero-order valence-corrected chi connectivity index (χ0v) is 10.7. The number of rotatable bonds is 3. The van der Waals surface area contributed by atoms with Crippen LogP contribution in [0.2, 0.25) is 0 Å². The van der Waals surface area contributed by atoms with Crippen LogP contribution in [0.5, 0.6) is 5.75 Å². The molecule has 1 aromatic heterocycles. The summed E-state index contributed by atoms with van der Waals surface area (Å²) in [5.74, 6) is 6.63. The van der Waals surface area contributed by atoms with Crippen molar-refractivity contribution in [3.05, 3.63) is 35.1 Å². The maximum Gasteiger partial charge on any atom is 0.166 e. The van der Waals surface area contributed by atoms with E-state index in [1.54, 1.807) is 19.5 Å². The predicted molar refractivity (Wildman–Crippen MR) is 69.5 cm³/mol. The van der Waals surface area contributed by atoms with E-state index in [0.29, 0.717) is 17.3 Å². The lowest BCUT2D eigenvalue weighted by molar-refractivity contribution is 0.416. The molecule has 1 aromatic carbocycles. The molecule has 0 aliphatic heterocycles. The molecule has 0 bridgehead atoms. The largest absolute Gasteiger partial charge is 0.496 e. The highest BCUT2D eigenvalue weighted by Crippen LogP contribution is 2.34. The molecule has 1 heterocycles. The molecule has 0 aliphatic carbocycles. The van der Waals surface area contributed by atoms with E-state index in [-0.39, 0.29) is 0 Å². The summed E-state index contributed by atoms with van der Waals surface area (Å²) < 4.78 is 6.23. The van der Waals surface area contributed by atoms with Crippen LogP contribution in [0.1, 0.15) is 0 Å². The molecule has 0 spiro atoms. The topological polar surface area (TPSA) is 73.1 Å². The number of anilines is 1. The third-order valence-electron chi connectivity index (χ3n) is 2.25. The minimum Gasteiger partial charge on any atom is -0.496 e. The molecule has 3 N–H and O–H groups in total. The molecule has 0 fully saturated rings. The molecule has 0 unspecified atom stereocenters. The second-order valence-electron chi connectivity index (χ2n) is 3.24. The molecule has 0 radical (unpaired) electrons. The minimum atomic E-state index is 0.504. The fourth-order valence-corrected chi connectivity index (χ4v) is 1.87. The SMILES string of the molecule is COc1ccc(Br)cc1-c1nccnc1NN. The van der Waals surface area contributed by atoms with Crippen LogP contribution < -0.4 is 16.0 Å². The first kappa shape index (κ1) is 11.8. The van der Waals surface area contributed by atoms with Crippen LogP contribution in [0.15, 0.2) is 35.1 Å². The monoisotopic (exact) mass is 294 g/mol. The van der Waals surface area contributed by atoms with Crippen molar-refractivity contribution < 1.29 is 4.74 Å². The van der Waals surface area contributed by atoms with Crippen molar-refractivity contribution in [1.82, 2.24) is 9.97 Å². The third kappa shape index (κ3) is 2.37. The van der Waals surface area contributed by atoms with Crippen molar-refractivity contribution in [3.8, 4) is 17.0 Å². The summed E-state index contributed by atoms with van der Waals surface area (Å²) in [6.07, 6.45) is 3.18. The highest BCUT2D eigenvalue weighted by Gasteiger charge is 2.12. The summed E-state index contributed by atoms with van der Waals surface area (Å²) in [4.78, 5) is 8.37. The van der Waals surface area contributed by atoms with Gasteiger partial charge in [-0.2, -0.15) is 0 Å². The van der Waals surface area contributed by atoms with E-state index >= 15 is 0 Å². The molecule has 2 rings (SSSR count). The molecular weight excluding hydrogens is 284 g/mol. The molecule has 6 heteroatoms. The minimum absolute atomic E-state index is 0.504. The van der Waals surface area contributed by atoms with E-state index in [9.17, 15) is 0 Å². The number of nitrogens with one attached hydrogen (secondary N) is 1. The molecule has 5 nitrogen and oxygen atoms in total. The van der Waals surface area contributed by atoms with Crippen molar-refractivity contribution in [2.24, 2.45) is 5.84 Å². The quantitative estimate of drug-likeness (QED) is 0.671. The van der Waals surface area contributed by atoms with Crippen LogP contribution in [-0.2, 0) is 0 Å². The van der Waals surface area contributed by atoms with Crippen LogP contribution in [-0.4, -0.2) is 17.1 Å². The first-order chi connectivity index (χ1) is 8.26. The van der Waals surface area contributed by atoms with E-state index in [1.165, 1.54) is 0 Å². The van der Waals surface area contributed by atoms with Gasteiger partial charge in [0, 0.05) is 22.4 Å². The van der Waals surface area contributed by atoms with Gasteiger partial charge < -0.3 is 10.2 Å². The molecule has 17 heavy (non-hydrogen) atoms. The average Bonchev–Trinajstić information content (AvgIpc) is 2.38. The Hall–Kier alpha value is -1.66. The van der Waals surface area contributed by atoms with Crippen LogP contribution in [0.3, 0.4) is 0 Å². The van der Waals surface area contributed by atoms with Crippen LogP contribution >= 0.6 is 15.9 Å². The smallest absolute Gasteiger partial charge is 0.166 e. The molecule has 0 saturated carbocycles. The lowest BCUT2D eigenvalue weighted by Gasteiger charge is -2.11. The van der Waals surface area contributed by atoms with E-state index < -0.39 is 0 Å². The standard InChI is InChI=1S/C11H11BrN4O/c1-17-9-3-2-7(12)6-8(9)10-11(16-13)15-5-4-14-10/h2-6H,13H2,1H3,(H,15,16). The van der Waals surface area contributed by atoms with Crippen molar-refractivity contribution >= 4 is 21.7 Å². The Labute approximate surface area is 107 Å². The summed E-state index contributed by atoms with van der Waals surface area (Å²) in [6.45, 7) is 0. The summed E-state index contributed by atoms with van der Waals surface area (Å²) in [5.41, 5.74) is 3.99. The summed E-state index contributed by atoms with van der Waals surface area (Å²) in [7, 11) is 1.61. The Kier molecular flexibility index (Phi) is 3.55. The van der Waals surface area contributed by atoms with Crippen molar-refractivity contribution in [2.45, 2.75) is 0 Å². The predicted octanol–water partition coefficient (Wildman–Crippen LogP) is 2.20. The molecule has 0 aliphatic rings. The van der Waals surface area contributed by atoms with E-state index in [0.717, 1.165) is 10.0 Å². The Bertz CT molecular complexity index is 533. The van der Waals surface area contributed by atoms with Gasteiger partial charge in [-0.3, -0.25) is 4.98 Å². The first-order valence-corrected chi connectivity index (χ1v) is 5.67. The van der Waals surface area contributed by atoms with Crippen LogP contribution in [0.4, 0.5) is 5.82 Å². The van der Waals surface area contributed by atoms with E-state index in [2.05, 4.69) is 31.3 Å².